The number of likely N-dealkylation sites (tertiary alicyclic amines) is 1. The third kappa shape index (κ3) is 2.16. The van der Waals surface area contributed by atoms with E-state index in [1.54, 1.807) is 0 Å². The van der Waals surface area contributed by atoms with Crippen molar-refractivity contribution >= 4 is 0 Å². The van der Waals surface area contributed by atoms with Crippen molar-refractivity contribution in [2.45, 2.75) is 38.9 Å². The van der Waals surface area contributed by atoms with E-state index in [0.29, 0.717) is 5.92 Å². The molecule has 11 heavy (non-hydrogen) atoms. The maximum Gasteiger partial charge on any atom is 0.117 e. The molecule has 1 aliphatic rings. The molecule has 2 heteroatoms. The SMILES string of the molecule is CC(C)CC1C(F)CCN1C. The lowest BCUT2D eigenvalue weighted by Gasteiger charge is -2.22. The minimum absolute atomic E-state index is 0.190. The normalized spacial score (nSPS) is 33.5. The molecule has 0 aromatic rings. The van der Waals surface area contributed by atoms with Crippen LogP contribution < -0.4 is 0 Å². The molecule has 2 unspecified atom stereocenters. The van der Waals surface area contributed by atoms with Crippen molar-refractivity contribution in [3.8, 4) is 0 Å². The van der Waals surface area contributed by atoms with Gasteiger partial charge in [-0.1, -0.05) is 13.8 Å². The number of nitrogens with zero attached hydrogens (tertiary/aromatic N) is 1. The van der Waals surface area contributed by atoms with Crippen LogP contribution >= 0.6 is 0 Å². The van der Waals surface area contributed by atoms with E-state index < -0.39 is 6.17 Å². The van der Waals surface area contributed by atoms with E-state index in [0.717, 1.165) is 19.4 Å². The van der Waals surface area contributed by atoms with Gasteiger partial charge in [0.1, 0.15) is 6.17 Å². The van der Waals surface area contributed by atoms with Gasteiger partial charge in [-0.2, -0.15) is 0 Å². The van der Waals surface area contributed by atoms with Crippen LogP contribution in [0.1, 0.15) is 26.7 Å². The molecule has 1 aliphatic heterocycles. The number of rotatable bonds is 2. The van der Waals surface area contributed by atoms with E-state index in [1.807, 2.05) is 7.05 Å². The predicted octanol–water partition coefficient (Wildman–Crippen LogP) is 2.07. The molecule has 66 valence electrons. The molecule has 0 N–H and O–H groups in total. The summed E-state index contributed by atoms with van der Waals surface area (Å²) in [5.74, 6) is 0.610. The third-order valence-electron chi connectivity index (χ3n) is 2.45. The zero-order valence-electron chi connectivity index (χ0n) is 7.68. The van der Waals surface area contributed by atoms with Crippen molar-refractivity contribution in [2.24, 2.45) is 5.92 Å². The van der Waals surface area contributed by atoms with Crippen LogP contribution in [0.4, 0.5) is 4.39 Å². The van der Waals surface area contributed by atoms with Crippen LogP contribution in [0.5, 0.6) is 0 Å². The van der Waals surface area contributed by atoms with Gasteiger partial charge >= 0.3 is 0 Å². The van der Waals surface area contributed by atoms with Crippen LogP contribution in [0, 0.1) is 5.92 Å². The Labute approximate surface area is 68.6 Å². The molecule has 0 bridgehead atoms. The van der Waals surface area contributed by atoms with Crippen LogP contribution in [-0.4, -0.2) is 30.7 Å². The van der Waals surface area contributed by atoms with Crippen LogP contribution in [0.2, 0.25) is 0 Å². The second-order valence-electron chi connectivity index (χ2n) is 3.98. The van der Waals surface area contributed by atoms with E-state index in [-0.39, 0.29) is 6.04 Å². The van der Waals surface area contributed by atoms with Crippen LogP contribution in [0.3, 0.4) is 0 Å². The van der Waals surface area contributed by atoms with Crippen molar-refractivity contribution in [3.63, 3.8) is 0 Å². The fourth-order valence-corrected chi connectivity index (χ4v) is 1.77. The smallest absolute Gasteiger partial charge is 0.117 e. The molecule has 0 aromatic carbocycles. The van der Waals surface area contributed by atoms with E-state index in [9.17, 15) is 4.39 Å². The van der Waals surface area contributed by atoms with Crippen molar-refractivity contribution in [1.29, 1.82) is 0 Å². The summed E-state index contributed by atoms with van der Waals surface area (Å²) in [5.41, 5.74) is 0. The highest BCUT2D eigenvalue weighted by atomic mass is 19.1. The second kappa shape index (κ2) is 3.53. The zero-order valence-corrected chi connectivity index (χ0v) is 7.68. The van der Waals surface area contributed by atoms with Gasteiger partial charge < -0.3 is 4.90 Å². The Morgan fingerprint density at radius 3 is 2.55 bits per heavy atom. The molecule has 1 rings (SSSR count). The van der Waals surface area contributed by atoms with Gasteiger partial charge in [-0.15, -0.1) is 0 Å². The zero-order chi connectivity index (χ0) is 8.43. The summed E-state index contributed by atoms with van der Waals surface area (Å²) in [6.07, 6.45) is 1.15. The minimum Gasteiger partial charge on any atom is -0.300 e. The van der Waals surface area contributed by atoms with Crippen molar-refractivity contribution in [2.75, 3.05) is 13.6 Å². The molecule has 1 nitrogen and oxygen atoms in total. The van der Waals surface area contributed by atoms with E-state index in [2.05, 4.69) is 18.7 Å². The topological polar surface area (TPSA) is 3.24 Å². The van der Waals surface area contributed by atoms with Gasteiger partial charge in [-0.25, -0.2) is 4.39 Å². The Kier molecular flexibility index (Phi) is 2.88. The summed E-state index contributed by atoms with van der Waals surface area (Å²) in [7, 11) is 2.02. The van der Waals surface area contributed by atoms with Crippen molar-refractivity contribution in [3.05, 3.63) is 0 Å². The van der Waals surface area contributed by atoms with E-state index >= 15 is 0 Å². The van der Waals surface area contributed by atoms with Gasteiger partial charge in [0.15, 0.2) is 0 Å². The molecule has 0 radical (unpaired) electrons. The lowest BCUT2D eigenvalue weighted by Crippen LogP contribution is -2.31. The van der Waals surface area contributed by atoms with Gasteiger partial charge in [0, 0.05) is 12.6 Å². The average molecular weight is 159 g/mol. The molecule has 0 aromatic heterocycles. The monoisotopic (exact) mass is 159 g/mol. The van der Waals surface area contributed by atoms with Gasteiger partial charge in [-0.3, -0.25) is 0 Å². The summed E-state index contributed by atoms with van der Waals surface area (Å²) in [4.78, 5) is 2.14. The highest BCUT2D eigenvalue weighted by Crippen LogP contribution is 2.24. The van der Waals surface area contributed by atoms with E-state index in [1.165, 1.54) is 0 Å². The molecule has 0 spiro atoms. The molecule has 1 fully saturated rings. The first-order valence-corrected chi connectivity index (χ1v) is 4.45. The number of alkyl halides is 1. The van der Waals surface area contributed by atoms with Gasteiger partial charge in [-0.05, 0) is 25.8 Å². The number of hydrogen-bond donors (Lipinski definition) is 0. The minimum atomic E-state index is -0.581. The van der Waals surface area contributed by atoms with Crippen LogP contribution in [-0.2, 0) is 0 Å². The lowest BCUT2D eigenvalue weighted by atomic mass is 10.0. The molecule has 0 saturated carbocycles. The van der Waals surface area contributed by atoms with Gasteiger partial charge in [0.05, 0.1) is 0 Å². The molecular weight excluding hydrogens is 141 g/mol. The largest absolute Gasteiger partial charge is 0.300 e. The summed E-state index contributed by atoms with van der Waals surface area (Å²) < 4.78 is 13.2. The Morgan fingerprint density at radius 1 is 1.55 bits per heavy atom. The first-order valence-electron chi connectivity index (χ1n) is 4.45. The average Bonchev–Trinajstić information content (AvgIpc) is 2.18. The Bertz CT molecular complexity index is 115. The van der Waals surface area contributed by atoms with Crippen molar-refractivity contribution < 1.29 is 4.39 Å². The summed E-state index contributed by atoms with van der Waals surface area (Å²) in [5, 5.41) is 0. The Morgan fingerprint density at radius 2 is 2.18 bits per heavy atom. The quantitative estimate of drug-likeness (QED) is 0.596. The molecule has 1 heterocycles. The first-order chi connectivity index (χ1) is 5.11. The molecule has 0 aliphatic carbocycles. The maximum atomic E-state index is 13.2. The number of hydrogen-bond acceptors (Lipinski definition) is 1. The molecule has 0 amide bonds. The lowest BCUT2D eigenvalue weighted by molar-refractivity contribution is 0.195. The van der Waals surface area contributed by atoms with Crippen molar-refractivity contribution in [1.82, 2.24) is 4.90 Å². The Hall–Kier alpha value is -0.110. The molecule has 1 saturated heterocycles. The van der Waals surface area contributed by atoms with Gasteiger partial charge in [0.2, 0.25) is 0 Å². The fourth-order valence-electron chi connectivity index (χ4n) is 1.77. The molecule has 2 atom stereocenters. The van der Waals surface area contributed by atoms with E-state index in [4.69, 9.17) is 0 Å². The highest BCUT2D eigenvalue weighted by Gasteiger charge is 2.31. The van der Waals surface area contributed by atoms with Crippen LogP contribution in [0.25, 0.3) is 0 Å². The third-order valence-corrected chi connectivity index (χ3v) is 2.45. The summed E-state index contributed by atoms with van der Waals surface area (Å²) in [6.45, 7) is 5.23. The van der Waals surface area contributed by atoms with Crippen LogP contribution in [0.15, 0.2) is 0 Å². The number of halogens is 1. The predicted molar refractivity (Wildman–Crippen MR) is 45.4 cm³/mol. The first kappa shape index (κ1) is 8.98. The molecular formula is C9H18FN. The second-order valence-corrected chi connectivity index (χ2v) is 3.98. The highest BCUT2D eigenvalue weighted by molar-refractivity contribution is 4.85. The summed E-state index contributed by atoms with van der Waals surface area (Å²) >= 11 is 0. The van der Waals surface area contributed by atoms with Gasteiger partial charge in [0.25, 0.3) is 0 Å². The standard InChI is InChI=1S/C9H18FN/c1-7(2)6-9-8(10)4-5-11(9)3/h7-9H,4-6H2,1-3H3. The summed E-state index contributed by atoms with van der Waals surface area (Å²) in [6, 6.07) is 0.190. The maximum absolute atomic E-state index is 13.2. The Balaban J connectivity index is 2.41. The fraction of sp³-hybridized carbons (Fsp3) is 1.00.